The Morgan fingerprint density at radius 1 is 1.13 bits per heavy atom. The highest BCUT2D eigenvalue weighted by atomic mass is 127. The number of allylic oxidation sites excluding steroid dienone is 1. The minimum atomic E-state index is -0.00288. The summed E-state index contributed by atoms with van der Waals surface area (Å²) >= 11 is 6.95. The second-order valence-electron chi connectivity index (χ2n) is 7.73. The van der Waals surface area contributed by atoms with Crippen molar-refractivity contribution in [3.8, 4) is 0 Å². The molecule has 0 saturated heterocycles. The van der Waals surface area contributed by atoms with Gasteiger partial charge in [0.05, 0.1) is 40.1 Å². The van der Waals surface area contributed by atoms with Gasteiger partial charge in [0, 0.05) is 11.3 Å². The lowest BCUT2D eigenvalue weighted by molar-refractivity contribution is 0.104. The maximum atomic E-state index is 12.7. The fraction of sp³-hybridized carbons (Fsp3) is 0.167. The van der Waals surface area contributed by atoms with Crippen molar-refractivity contribution in [3.63, 3.8) is 0 Å². The van der Waals surface area contributed by atoms with Gasteiger partial charge in [0.15, 0.2) is 5.78 Å². The Morgan fingerprint density at radius 3 is 2.45 bits per heavy atom. The SMILES string of the molecule is B/C(=C\C(=O)c1ccc(N(S)Cc2nc3c(n2I)=CCCC=3)cc1)c1ccc(C)cc1. The van der Waals surface area contributed by atoms with Gasteiger partial charge in [-0.2, -0.15) is 0 Å². The molecule has 0 unspecified atom stereocenters. The average molecular weight is 539 g/mol. The first-order valence-electron chi connectivity index (χ1n) is 10.2. The van der Waals surface area contributed by atoms with E-state index in [1.54, 1.807) is 6.08 Å². The summed E-state index contributed by atoms with van der Waals surface area (Å²) < 4.78 is 3.95. The van der Waals surface area contributed by atoms with Gasteiger partial charge in [-0.05, 0) is 55.7 Å². The molecule has 1 aromatic heterocycles. The number of hydrogen-bond acceptors (Lipinski definition) is 4. The van der Waals surface area contributed by atoms with Crippen molar-refractivity contribution in [2.24, 2.45) is 0 Å². The van der Waals surface area contributed by atoms with E-state index >= 15 is 0 Å². The third kappa shape index (κ3) is 4.98. The highest BCUT2D eigenvalue weighted by Crippen LogP contribution is 2.21. The molecule has 0 N–H and O–H groups in total. The molecule has 7 heteroatoms. The molecule has 3 aromatic rings. The Bertz CT molecular complexity index is 1260. The van der Waals surface area contributed by atoms with Gasteiger partial charge in [-0.1, -0.05) is 60.3 Å². The molecule has 0 bridgehead atoms. The van der Waals surface area contributed by atoms with Crippen LogP contribution in [-0.4, -0.2) is 21.4 Å². The van der Waals surface area contributed by atoms with Crippen LogP contribution in [-0.2, 0) is 6.54 Å². The van der Waals surface area contributed by atoms with Crippen LogP contribution < -0.4 is 15.0 Å². The van der Waals surface area contributed by atoms with Crippen molar-refractivity contribution in [1.82, 2.24) is 7.76 Å². The molecule has 0 amide bonds. The molecule has 1 aliphatic rings. The van der Waals surface area contributed by atoms with Crippen LogP contribution in [0.15, 0.2) is 54.6 Å². The van der Waals surface area contributed by atoms with Crippen molar-refractivity contribution in [1.29, 1.82) is 0 Å². The molecule has 0 saturated carbocycles. The van der Waals surface area contributed by atoms with Crippen molar-refractivity contribution >= 4 is 72.6 Å². The summed E-state index contributed by atoms with van der Waals surface area (Å²) in [5, 5.41) is 2.22. The fourth-order valence-corrected chi connectivity index (χ4v) is 4.52. The molecule has 4 rings (SSSR count). The van der Waals surface area contributed by atoms with Gasteiger partial charge < -0.3 is 4.31 Å². The summed E-state index contributed by atoms with van der Waals surface area (Å²) in [7, 11) is 1.97. The van der Waals surface area contributed by atoms with Gasteiger partial charge in [-0.15, -0.1) is 0 Å². The Hall–Kier alpha value is -2.26. The smallest absolute Gasteiger partial charge is 0.185 e. The zero-order valence-electron chi connectivity index (χ0n) is 17.5. The third-order valence-electron chi connectivity index (χ3n) is 5.39. The van der Waals surface area contributed by atoms with Crippen molar-refractivity contribution in [3.05, 3.63) is 87.8 Å². The van der Waals surface area contributed by atoms with Crippen LogP contribution in [0.5, 0.6) is 0 Å². The molecule has 1 heterocycles. The molecular formula is C24H23BIN3OS. The molecule has 0 radical (unpaired) electrons. The van der Waals surface area contributed by atoms with Gasteiger partial charge in [0.1, 0.15) is 13.7 Å². The number of carbonyl (C=O) groups is 1. The van der Waals surface area contributed by atoms with Gasteiger partial charge in [-0.3, -0.25) is 7.58 Å². The average Bonchev–Trinajstić information content (AvgIpc) is 3.09. The number of imidazole rings is 1. The minimum Gasteiger partial charge on any atom is -0.311 e. The summed E-state index contributed by atoms with van der Waals surface area (Å²) in [6.45, 7) is 2.62. The van der Waals surface area contributed by atoms with Crippen LogP contribution in [0.4, 0.5) is 5.69 Å². The highest BCUT2D eigenvalue weighted by Gasteiger charge is 2.12. The van der Waals surface area contributed by atoms with Crippen LogP contribution in [0.1, 0.15) is 40.2 Å². The lowest BCUT2D eigenvalue weighted by atomic mass is 9.86. The molecule has 2 aromatic carbocycles. The largest absolute Gasteiger partial charge is 0.311 e. The van der Waals surface area contributed by atoms with Crippen LogP contribution in [0.25, 0.3) is 17.6 Å². The number of carbonyl (C=O) groups excluding carboxylic acids is 1. The van der Waals surface area contributed by atoms with E-state index in [1.807, 2.05) is 48.5 Å². The Balaban J connectivity index is 1.48. The van der Waals surface area contributed by atoms with Crippen LogP contribution >= 0.6 is 35.7 Å². The number of thiol groups is 1. The first-order valence-corrected chi connectivity index (χ1v) is 11.6. The second-order valence-corrected chi connectivity index (χ2v) is 9.17. The lowest BCUT2D eigenvalue weighted by Gasteiger charge is -2.17. The third-order valence-corrected chi connectivity index (χ3v) is 6.84. The molecule has 1 aliphatic carbocycles. The summed E-state index contributed by atoms with van der Waals surface area (Å²) in [4.78, 5) is 17.4. The molecule has 31 heavy (non-hydrogen) atoms. The first kappa shape index (κ1) is 22.0. The summed E-state index contributed by atoms with van der Waals surface area (Å²) in [6, 6.07) is 15.7. The zero-order chi connectivity index (χ0) is 22.0. The number of benzene rings is 2. The molecule has 0 aliphatic heterocycles. The van der Waals surface area contributed by atoms with Crippen molar-refractivity contribution in [2.45, 2.75) is 26.3 Å². The predicted molar refractivity (Wildman–Crippen MR) is 143 cm³/mol. The van der Waals surface area contributed by atoms with E-state index in [-0.39, 0.29) is 5.78 Å². The number of ketones is 1. The monoisotopic (exact) mass is 539 g/mol. The maximum Gasteiger partial charge on any atom is 0.185 e. The Kier molecular flexibility index (Phi) is 6.72. The quantitative estimate of drug-likeness (QED) is 0.172. The van der Waals surface area contributed by atoms with Crippen LogP contribution in [0.3, 0.4) is 0 Å². The summed E-state index contributed by atoms with van der Waals surface area (Å²) in [5.74, 6) is 0.948. The zero-order valence-corrected chi connectivity index (χ0v) is 20.6. The van der Waals surface area contributed by atoms with Gasteiger partial charge >= 0.3 is 0 Å². The second kappa shape index (κ2) is 9.48. The Morgan fingerprint density at radius 2 is 1.77 bits per heavy atom. The number of fused-ring (bicyclic) bond motifs is 1. The van der Waals surface area contributed by atoms with Crippen LogP contribution in [0.2, 0.25) is 0 Å². The predicted octanol–water partition coefficient (Wildman–Crippen LogP) is 3.45. The van der Waals surface area contributed by atoms with E-state index in [9.17, 15) is 4.79 Å². The molecular weight excluding hydrogens is 516 g/mol. The van der Waals surface area contributed by atoms with Gasteiger partial charge in [0.25, 0.3) is 0 Å². The molecule has 4 nitrogen and oxygen atoms in total. The fourth-order valence-electron chi connectivity index (χ4n) is 3.56. The Labute approximate surface area is 202 Å². The van der Waals surface area contributed by atoms with E-state index in [4.69, 9.17) is 4.98 Å². The topological polar surface area (TPSA) is 38.1 Å². The number of halogens is 1. The highest BCUT2D eigenvalue weighted by molar-refractivity contribution is 14.1. The molecule has 0 atom stereocenters. The van der Waals surface area contributed by atoms with Crippen molar-refractivity contribution < 1.29 is 4.79 Å². The number of aromatic nitrogens is 2. The van der Waals surface area contributed by atoms with E-state index in [1.165, 1.54) is 10.9 Å². The standard InChI is InChI=1S/C24H23BIN3OS/c1-16-6-8-17(9-7-16)20(25)14-23(30)18-10-12-19(13-11-18)28(31)15-24-27-21-4-2-3-5-22(21)29(24)26/h4-14,31H,2-3,15,25H2,1H3/b20-14-. The normalized spacial score (nSPS) is 13.2. The lowest BCUT2D eigenvalue weighted by Crippen LogP contribution is -2.28. The number of anilines is 1. The maximum absolute atomic E-state index is 12.7. The van der Waals surface area contributed by atoms with E-state index in [0.717, 1.165) is 40.7 Å². The van der Waals surface area contributed by atoms with E-state index < -0.39 is 0 Å². The molecule has 156 valence electrons. The van der Waals surface area contributed by atoms with E-state index in [0.29, 0.717) is 12.1 Å². The van der Waals surface area contributed by atoms with Crippen molar-refractivity contribution in [2.75, 3.05) is 4.31 Å². The van der Waals surface area contributed by atoms with Gasteiger partial charge in [-0.25, -0.2) is 4.98 Å². The minimum absolute atomic E-state index is 0.00288. The molecule has 0 fully saturated rings. The number of rotatable bonds is 6. The summed E-state index contributed by atoms with van der Waals surface area (Å²) in [6.07, 6.45) is 8.20. The number of aryl methyl sites for hydroxylation is 1. The first-order chi connectivity index (χ1) is 14.9. The summed E-state index contributed by atoms with van der Waals surface area (Å²) in [5.41, 5.74) is 4.80. The molecule has 0 spiro atoms. The van der Waals surface area contributed by atoms with E-state index in [2.05, 4.69) is 69.7 Å². The van der Waals surface area contributed by atoms with Crippen LogP contribution in [0, 0.1) is 6.92 Å². The number of hydrogen-bond donors (Lipinski definition) is 1. The number of nitrogens with zero attached hydrogens (tertiary/aromatic N) is 3. The van der Waals surface area contributed by atoms with Gasteiger partial charge in [0.2, 0.25) is 0 Å².